The second-order valence-electron chi connectivity index (χ2n) is 5.67. The van der Waals surface area contributed by atoms with Crippen LogP contribution in [0.2, 0.25) is 0 Å². The Morgan fingerprint density at radius 3 is 2.52 bits per heavy atom. The SMILES string of the molecule is C=CCCCC[C@@H](c1cc(F)cc(F)c1F)N1CCNCC1.Cl. The molecule has 1 N–H and O–H groups in total. The zero-order chi connectivity index (χ0) is 15.9. The van der Waals surface area contributed by atoms with Crippen LogP contribution in [-0.4, -0.2) is 31.1 Å². The van der Waals surface area contributed by atoms with Crippen LogP contribution in [0.1, 0.15) is 37.3 Å². The number of unbranched alkanes of at least 4 members (excludes halogenated alkanes) is 2. The maximum absolute atomic E-state index is 14.2. The molecule has 23 heavy (non-hydrogen) atoms. The molecule has 1 atom stereocenters. The summed E-state index contributed by atoms with van der Waals surface area (Å²) in [6.07, 6.45) is 5.26. The third-order valence-electron chi connectivity index (χ3n) is 4.11. The summed E-state index contributed by atoms with van der Waals surface area (Å²) in [4.78, 5) is 2.11. The number of hydrogen-bond acceptors (Lipinski definition) is 2. The number of hydrogen-bond donors (Lipinski definition) is 1. The van der Waals surface area contributed by atoms with Crippen molar-refractivity contribution in [1.29, 1.82) is 0 Å². The number of rotatable bonds is 7. The molecule has 1 aromatic carbocycles. The van der Waals surface area contributed by atoms with Gasteiger partial charge in [-0.25, -0.2) is 13.2 Å². The van der Waals surface area contributed by atoms with Crippen molar-refractivity contribution >= 4 is 12.4 Å². The van der Waals surface area contributed by atoms with Crippen molar-refractivity contribution in [2.45, 2.75) is 31.7 Å². The monoisotopic (exact) mass is 348 g/mol. The van der Waals surface area contributed by atoms with E-state index >= 15 is 0 Å². The molecule has 0 aromatic heterocycles. The van der Waals surface area contributed by atoms with Crippen LogP contribution in [0, 0.1) is 17.5 Å². The smallest absolute Gasteiger partial charge is 0.163 e. The number of piperazine rings is 1. The van der Waals surface area contributed by atoms with E-state index < -0.39 is 17.5 Å². The minimum Gasteiger partial charge on any atom is -0.314 e. The van der Waals surface area contributed by atoms with Gasteiger partial charge >= 0.3 is 0 Å². The van der Waals surface area contributed by atoms with E-state index in [2.05, 4.69) is 16.8 Å². The Balaban J connectivity index is 0.00000264. The van der Waals surface area contributed by atoms with E-state index in [1.165, 1.54) is 0 Å². The second kappa shape index (κ2) is 9.96. The van der Waals surface area contributed by atoms with E-state index in [1.807, 2.05) is 6.08 Å². The average molecular weight is 349 g/mol. The highest BCUT2D eigenvalue weighted by atomic mass is 35.5. The maximum atomic E-state index is 14.2. The van der Waals surface area contributed by atoms with Crippen LogP contribution in [-0.2, 0) is 0 Å². The second-order valence-corrected chi connectivity index (χ2v) is 5.67. The first-order chi connectivity index (χ1) is 10.6. The summed E-state index contributed by atoms with van der Waals surface area (Å²) in [6, 6.07) is 1.46. The Morgan fingerprint density at radius 2 is 1.87 bits per heavy atom. The minimum atomic E-state index is -1.11. The maximum Gasteiger partial charge on any atom is 0.163 e. The van der Waals surface area contributed by atoms with Crippen molar-refractivity contribution in [2.24, 2.45) is 0 Å². The van der Waals surface area contributed by atoms with Crippen LogP contribution in [0.15, 0.2) is 24.8 Å². The number of benzene rings is 1. The fourth-order valence-electron chi connectivity index (χ4n) is 2.97. The Bertz CT molecular complexity index is 505. The highest BCUT2D eigenvalue weighted by Crippen LogP contribution is 2.30. The topological polar surface area (TPSA) is 15.3 Å². The third kappa shape index (κ3) is 5.52. The van der Waals surface area contributed by atoms with Crippen molar-refractivity contribution in [2.75, 3.05) is 26.2 Å². The predicted octanol–water partition coefficient (Wildman–Crippen LogP) is 4.22. The molecule has 2 rings (SSSR count). The van der Waals surface area contributed by atoms with Gasteiger partial charge < -0.3 is 5.32 Å². The molecular weight excluding hydrogens is 325 g/mol. The Hall–Kier alpha value is -1.04. The lowest BCUT2D eigenvalue weighted by Gasteiger charge is -2.35. The average Bonchev–Trinajstić information content (AvgIpc) is 2.52. The van der Waals surface area contributed by atoms with Gasteiger partial charge in [-0.15, -0.1) is 19.0 Å². The first-order valence-electron chi connectivity index (χ1n) is 7.83. The van der Waals surface area contributed by atoms with E-state index in [0.29, 0.717) is 12.5 Å². The minimum absolute atomic E-state index is 0. The van der Waals surface area contributed by atoms with Gasteiger partial charge in [0.2, 0.25) is 0 Å². The van der Waals surface area contributed by atoms with Crippen LogP contribution in [0.3, 0.4) is 0 Å². The largest absolute Gasteiger partial charge is 0.314 e. The summed E-state index contributed by atoms with van der Waals surface area (Å²) in [6.45, 7) is 6.81. The fraction of sp³-hybridized carbons (Fsp3) is 0.529. The molecule has 1 saturated heterocycles. The summed E-state index contributed by atoms with van der Waals surface area (Å²) in [5.41, 5.74) is 0.137. The van der Waals surface area contributed by atoms with E-state index in [0.717, 1.165) is 51.5 Å². The van der Waals surface area contributed by atoms with Crippen LogP contribution in [0.25, 0.3) is 0 Å². The highest BCUT2D eigenvalue weighted by molar-refractivity contribution is 5.85. The van der Waals surface area contributed by atoms with Gasteiger partial charge in [0.25, 0.3) is 0 Å². The Kier molecular flexibility index (Phi) is 8.66. The summed E-state index contributed by atoms with van der Waals surface area (Å²) < 4.78 is 41.2. The van der Waals surface area contributed by atoms with E-state index in [1.54, 1.807) is 0 Å². The molecule has 0 amide bonds. The third-order valence-corrected chi connectivity index (χ3v) is 4.11. The molecule has 2 nitrogen and oxygen atoms in total. The first kappa shape index (κ1) is 20.0. The molecule has 1 aliphatic heterocycles. The first-order valence-corrected chi connectivity index (χ1v) is 7.83. The molecule has 1 fully saturated rings. The summed E-state index contributed by atoms with van der Waals surface area (Å²) in [5, 5.41) is 3.24. The molecule has 1 aliphatic rings. The van der Waals surface area contributed by atoms with Crippen LogP contribution < -0.4 is 5.32 Å². The number of nitrogens with one attached hydrogen (secondary N) is 1. The van der Waals surface area contributed by atoms with Gasteiger partial charge in [0.15, 0.2) is 11.6 Å². The quantitative estimate of drug-likeness (QED) is 0.451. The molecule has 0 aliphatic carbocycles. The molecule has 0 bridgehead atoms. The van der Waals surface area contributed by atoms with Gasteiger partial charge in [-0.1, -0.05) is 12.5 Å². The normalized spacial score (nSPS) is 16.7. The highest BCUT2D eigenvalue weighted by Gasteiger charge is 2.26. The van der Waals surface area contributed by atoms with Gasteiger partial charge in [-0.05, 0) is 25.3 Å². The standard InChI is InChI=1S/C17H23F3N2.ClH/c1-2-3-4-5-6-16(22-9-7-21-8-10-22)14-11-13(18)12-15(19)17(14)20;/h2,11-12,16,21H,1,3-10H2;1H/t16-;/m0./s1. The van der Waals surface area contributed by atoms with Crippen LogP contribution in [0.4, 0.5) is 13.2 Å². The van der Waals surface area contributed by atoms with Crippen LogP contribution in [0.5, 0.6) is 0 Å². The van der Waals surface area contributed by atoms with Gasteiger partial charge in [0.05, 0.1) is 0 Å². The number of nitrogens with zero attached hydrogens (tertiary/aromatic N) is 1. The van der Waals surface area contributed by atoms with Crippen molar-refractivity contribution in [3.8, 4) is 0 Å². The molecular formula is C17H24ClF3N2. The van der Waals surface area contributed by atoms with Gasteiger partial charge in [0.1, 0.15) is 5.82 Å². The molecule has 130 valence electrons. The molecule has 0 saturated carbocycles. The Labute approximate surface area is 142 Å². The summed E-state index contributed by atoms with van der Waals surface area (Å²) >= 11 is 0. The van der Waals surface area contributed by atoms with Gasteiger partial charge in [0, 0.05) is 43.9 Å². The van der Waals surface area contributed by atoms with E-state index in [9.17, 15) is 13.2 Å². The summed E-state index contributed by atoms with van der Waals surface area (Å²) in [7, 11) is 0. The van der Waals surface area contributed by atoms with Crippen LogP contribution >= 0.6 is 12.4 Å². The molecule has 0 unspecified atom stereocenters. The van der Waals surface area contributed by atoms with Gasteiger partial charge in [-0.3, -0.25) is 4.90 Å². The van der Waals surface area contributed by atoms with Crippen molar-refractivity contribution in [3.63, 3.8) is 0 Å². The number of halogens is 4. The van der Waals surface area contributed by atoms with Gasteiger partial charge in [-0.2, -0.15) is 0 Å². The zero-order valence-corrected chi connectivity index (χ0v) is 14.0. The lowest BCUT2D eigenvalue weighted by molar-refractivity contribution is 0.158. The lowest BCUT2D eigenvalue weighted by atomic mass is 9.97. The van der Waals surface area contributed by atoms with E-state index in [4.69, 9.17) is 0 Å². The van der Waals surface area contributed by atoms with Crippen molar-refractivity contribution < 1.29 is 13.2 Å². The molecule has 0 radical (unpaired) electrons. The summed E-state index contributed by atoms with van der Waals surface area (Å²) in [5.74, 6) is -2.75. The predicted molar refractivity (Wildman–Crippen MR) is 89.4 cm³/mol. The molecule has 1 aromatic rings. The fourth-order valence-corrected chi connectivity index (χ4v) is 2.97. The van der Waals surface area contributed by atoms with Crippen molar-refractivity contribution in [3.05, 3.63) is 47.8 Å². The van der Waals surface area contributed by atoms with E-state index in [-0.39, 0.29) is 24.0 Å². The molecule has 0 spiro atoms. The molecule has 1 heterocycles. The zero-order valence-electron chi connectivity index (χ0n) is 13.2. The lowest BCUT2D eigenvalue weighted by Crippen LogP contribution is -2.45. The van der Waals surface area contributed by atoms with Crippen molar-refractivity contribution in [1.82, 2.24) is 10.2 Å². The number of allylic oxidation sites excluding steroid dienone is 1. The Morgan fingerprint density at radius 1 is 1.17 bits per heavy atom. The molecule has 6 heteroatoms.